The van der Waals surface area contributed by atoms with Gasteiger partial charge in [0.05, 0.1) is 18.4 Å². The van der Waals surface area contributed by atoms with Crippen molar-refractivity contribution in [1.29, 1.82) is 0 Å². The molecule has 0 radical (unpaired) electrons. The molecule has 2 atom stereocenters. The van der Waals surface area contributed by atoms with Crippen molar-refractivity contribution in [1.82, 2.24) is 29.7 Å². The lowest BCUT2D eigenvalue weighted by Gasteiger charge is -2.39. The van der Waals surface area contributed by atoms with Crippen molar-refractivity contribution >= 4 is 5.91 Å². The van der Waals surface area contributed by atoms with Crippen molar-refractivity contribution in [2.75, 3.05) is 6.54 Å². The second kappa shape index (κ2) is 7.91. The molecule has 5 rings (SSSR count). The Balaban J connectivity index is 1.51. The zero-order valence-electron chi connectivity index (χ0n) is 18.4. The van der Waals surface area contributed by atoms with Gasteiger partial charge in [-0.2, -0.15) is 10.2 Å². The maximum Gasteiger partial charge on any atom is 0.276 e. The van der Waals surface area contributed by atoms with Crippen molar-refractivity contribution in [3.63, 3.8) is 0 Å². The predicted molar refractivity (Wildman–Crippen MR) is 117 cm³/mol. The van der Waals surface area contributed by atoms with E-state index >= 15 is 0 Å². The second-order valence-electron chi connectivity index (χ2n) is 8.24. The van der Waals surface area contributed by atoms with Crippen molar-refractivity contribution in [3.8, 4) is 5.69 Å². The minimum absolute atomic E-state index is 0.0312. The monoisotopic (exact) mass is 448 g/mol. The summed E-state index contributed by atoms with van der Waals surface area (Å²) in [5.41, 5.74) is 4.38. The van der Waals surface area contributed by atoms with Gasteiger partial charge in [0, 0.05) is 36.8 Å². The van der Waals surface area contributed by atoms with Crippen LogP contribution in [0, 0.1) is 18.6 Å². The Morgan fingerprint density at radius 1 is 1.03 bits per heavy atom. The standard InChI is InChI=1S/C24H22F2N6O/c1-14-19(11-27-30(14)3)20-13-31(15(2)17-6-4-5-7-18(17)20)24(33)22-12-28-32(29-22)23-9-8-16(25)10-21(23)26/h4-12,15,20H,13H2,1-3H3/t15-,20-/m0/s1. The molecule has 0 saturated carbocycles. The number of rotatable bonds is 3. The first kappa shape index (κ1) is 21.0. The highest BCUT2D eigenvalue weighted by Crippen LogP contribution is 2.40. The van der Waals surface area contributed by atoms with Gasteiger partial charge in [-0.25, -0.2) is 8.78 Å². The van der Waals surface area contributed by atoms with Gasteiger partial charge in [0.2, 0.25) is 0 Å². The molecular formula is C24H22F2N6O. The molecule has 2 aromatic heterocycles. The van der Waals surface area contributed by atoms with Crippen LogP contribution in [0.1, 0.15) is 51.8 Å². The van der Waals surface area contributed by atoms with Gasteiger partial charge < -0.3 is 4.90 Å². The molecule has 0 N–H and O–H groups in total. The van der Waals surface area contributed by atoms with Crippen LogP contribution in [0.25, 0.3) is 5.69 Å². The largest absolute Gasteiger partial charge is 0.329 e. The van der Waals surface area contributed by atoms with E-state index in [4.69, 9.17) is 0 Å². The fourth-order valence-corrected chi connectivity index (χ4v) is 4.48. The number of fused-ring (bicyclic) bond motifs is 1. The number of benzene rings is 2. The highest BCUT2D eigenvalue weighted by Gasteiger charge is 2.36. The third-order valence-corrected chi connectivity index (χ3v) is 6.41. The van der Waals surface area contributed by atoms with E-state index in [1.807, 2.05) is 50.0 Å². The molecular weight excluding hydrogens is 426 g/mol. The van der Waals surface area contributed by atoms with E-state index < -0.39 is 11.6 Å². The predicted octanol–water partition coefficient (Wildman–Crippen LogP) is 3.94. The zero-order chi connectivity index (χ0) is 23.3. The van der Waals surface area contributed by atoms with Crippen LogP contribution in [0.15, 0.2) is 54.9 Å². The van der Waals surface area contributed by atoms with E-state index in [-0.39, 0.29) is 29.2 Å². The minimum atomic E-state index is -0.808. The van der Waals surface area contributed by atoms with Crippen molar-refractivity contribution in [2.45, 2.75) is 25.8 Å². The van der Waals surface area contributed by atoms with Gasteiger partial charge in [0.15, 0.2) is 11.5 Å². The van der Waals surface area contributed by atoms with Crippen LogP contribution in [0.4, 0.5) is 8.78 Å². The van der Waals surface area contributed by atoms with Crippen LogP contribution in [0.3, 0.4) is 0 Å². The van der Waals surface area contributed by atoms with E-state index in [9.17, 15) is 13.6 Å². The third-order valence-electron chi connectivity index (χ3n) is 6.41. The van der Waals surface area contributed by atoms with E-state index in [0.29, 0.717) is 6.54 Å². The van der Waals surface area contributed by atoms with E-state index in [0.717, 1.165) is 33.8 Å². The van der Waals surface area contributed by atoms with Crippen LogP contribution in [0.2, 0.25) is 0 Å². The summed E-state index contributed by atoms with van der Waals surface area (Å²) in [6, 6.07) is 11.0. The van der Waals surface area contributed by atoms with Crippen LogP contribution < -0.4 is 0 Å². The number of hydrogen-bond acceptors (Lipinski definition) is 4. The van der Waals surface area contributed by atoms with Crippen LogP contribution in [0.5, 0.6) is 0 Å². The molecule has 0 bridgehead atoms. The Hall–Kier alpha value is -3.88. The fourth-order valence-electron chi connectivity index (χ4n) is 4.48. The van der Waals surface area contributed by atoms with E-state index in [2.05, 4.69) is 21.4 Å². The number of aryl methyl sites for hydroxylation is 1. The number of carbonyl (C=O) groups excluding carboxylic acids is 1. The number of amides is 1. The van der Waals surface area contributed by atoms with Crippen molar-refractivity contribution in [3.05, 3.63) is 94.6 Å². The first-order valence-electron chi connectivity index (χ1n) is 10.6. The summed E-state index contributed by atoms with van der Waals surface area (Å²) in [7, 11) is 1.89. The number of halogens is 2. The van der Waals surface area contributed by atoms with Crippen LogP contribution >= 0.6 is 0 Å². The summed E-state index contributed by atoms with van der Waals surface area (Å²) in [6.45, 7) is 4.44. The Labute approximate surface area is 189 Å². The molecule has 0 fully saturated rings. The number of aromatic nitrogens is 5. The average molecular weight is 448 g/mol. The van der Waals surface area contributed by atoms with Crippen molar-refractivity contribution in [2.24, 2.45) is 7.05 Å². The van der Waals surface area contributed by atoms with E-state index in [1.54, 1.807) is 4.90 Å². The Morgan fingerprint density at radius 2 is 1.79 bits per heavy atom. The molecule has 0 aliphatic carbocycles. The molecule has 168 valence electrons. The maximum atomic E-state index is 14.2. The topological polar surface area (TPSA) is 68.8 Å². The molecule has 1 aliphatic heterocycles. The molecule has 3 heterocycles. The highest BCUT2D eigenvalue weighted by atomic mass is 19.1. The molecule has 2 aromatic carbocycles. The van der Waals surface area contributed by atoms with Gasteiger partial charge in [-0.1, -0.05) is 24.3 Å². The molecule has 7 nitrogen and oxygen atoms in total. The molecule has 0 unspecified atom stereocenters. The summed E-state index contributed by atoms with van der Waals surface area (Å²) < 4.78 is 29.2. The lowest BCUT2D eigenvalue weighted by molar-refractivity contribution is 0.0658. The minimum Gasteiger partial charge on any atom is -0.329 e. The van der Waals surface area contributed by atoms with Gasteiger partial charge in [-0.3, -0.25) is 9.48 Å². The highest BCUT2D eigenvalue weighted by molar-refractivity contribution is 5.92. The number of hydrogen-bond donors (Lipinski definition) is 0. The quantitative estimate of drug-likeness (QED) is 0.476. The first-order valence-corrected chi connectivity index (χ1v) is 10.6. The summed E-state index contributed by atoms with van der Waals surface area (Å²) in [5.74, 6) is -1.86. The normalized spacial score (nSPS) is 17.8. The maximum absolute atomic E-state index is 14.2. The van der Waals surface area contributed by atoms with Gasteiger partial charge in [-0.15, -0.1) is 9.90 Å². The van der Waals surface area contributed by atoms with Gasteiger partial charge in [-0.05, 0) is 37.1 Å². The first-order chi connectivity index (χ1) is 15.8. The van der Waals surface area contributed by atoms with Crippen LogP contribution in [-0.2, 0) is 7.05 Å². The lowest BCUT2D eigenvalue weighted by atomic mass is 9.82. The number of nitrogens with zero attached hydrogens (tertiary/aromatic N) is 6. The number of carbonyl (C=O) groups is 1. The molecule has 0 spiro atoms. The Morgan fingerprint density at radius 3 is 2.48 bits per heavy atom. The summed E-state index contributed by atoms with van der Waals surface area (Å²) in [5, 5.41) is 12.6. The third kappa shape index (κ3) is 3.49. The molecule has 33 heavy (non-hydrogen) atoms. The summed E-state index contributed by atoms with van der Waals surface area (Å²) in [4.78, 5) is 16.3. The smallest absolute Gasteiger partial charge is 0.276 e. The lowest BCUT2D eigenvalue weighted by Crippen LogP contribution is -2.41. The summed E-state index contributed by atoms with van der Waals surface area (Å²) in [6.07, 6.45) is 3.16. The van der Waals surface area contributed by atoms with E-state index in [1.165, 1.54) is 17.8 Å². The van der Waals surface area contributed by atoms with Gasteiger partial charge in [0.25, 0.3) is 5.91 Å². The molecule has 4 aromatic rings. The van der Waals surface area contributed by atoms with Crippen molar-refractivity contribution < 1.29 is 13.6 Å². The Bertz CT molecular complexity index is 1360. The molecule has 1 aliphatic rings. The fraction of sp³-hybridized carbons (Fsp3) is 0.250. The summed E-state index contributed by atoms with van der Waals surface area (Å²) >= 11 is 0. The van der Waals surface area contributed by atoms with Crippen LogP contribution in [-0.4, -0.2) is 42.1 Å². The Kier molecular flexibility index (Phi) is 5.03. The molecule has 1 amide bonds. The molecule has 9 heteroatoms. The van der Waals surface area contributed by atoms with Gasteiger partial charge in [0.1, 0.15) is 11.5 Å². The molecule has 0 saturated heterocycles. The zero-order valence-corrected chi connectivity index (χ0v) is 18.4. The van der Waals surface area contributed by atoms with Gasteiger partial charge >= 0.3 is 0 Å². The average Bonchev–Trinajstić information content (AvgIpc) is 3.41. The SMILES string of the molecule is Cc1c([C@H]2CN(C(=O)c3cnn(-c4ccc(F)cc4F)n3)[C@@H](C)c3ccccc32)cnn1C. The second-order valence-corrected chi connectivity index (χ2v) is 8.24.